The van der Waals surface area contributed by atoms with Gasteiger partial charge in [0.1, 0.15) is 24.3 Å². The minimum Gasteiger partial charge on any atom is -0.484 e. The molecule has 0 unspecified atom stereocenters. The molecule has 0 aromatic heterocycles. The van der Waals surface area contributed by atoms with Gasteiger partial charge in [0.15, 0.2) is 11.5 Å². The van der Waals surface area contributed by atoms with E-state index < -0.39 is 35.6 Å². The molecule has 0 radical (unpaired) electrons. The summed E-state index contributed by atoms with van der Waals surface area (Å²) in [6.07, 6.45) is -0.414. The fraction of sp³-hybridized carbons (Fsp3) is 0.200. The summed E-state index contributed by atoms with van der Waals surface area (Å²) < 4.78 is 12.0. The van der Waals surface area contributed by atoms with Crippen molar-refractivity contribution in [2.45, 2.75) is 38.9 Å². The van der Waals surface area contributed by atoms with Crippen LogP contribution >= 0.6 is 0 Å². The van der Waals surface area contributed by atoms with Crippen molar-refractivity contribution in [1.29, 1.82) is 0 Å². The van der Waals surface area contributed by atoms with Crippen LogP contribution in [-0.2, 0) is 42.1 Å². The Morgan fingerprint density at radius 1 is 0.524 bits per heavy atom. The van der Waals surface area contributed by atoms with Crippen LogP contribution in [0.15, 0.2) is 72.8 Å². The number of carbonyl (C=O) groups excluding carboxylic acids is 6. The number of benzene rings is 3. The molecule has 3 aromatic carbocycles. The Hall–Kier alpha value is -5.52. The largest absolute Gasteiger partial charge is 0.484 e. The van der Waals surface area contributed by atoms with Gasteiger partial charge in [0, 0.05) is 25.7 Å². The zero-order valence-corrected chi connectivity index (χ0v) is 22.1. The fourth-order valence-electron chi connectivity index (χ4n) is 4.21. The van der Waals surface area contributed by atoms with Crippen LogP contribution in [0.3, 0.4) is 0 Å². The van der Waals surface area contributed by atoms with Gasteiger partial charge in [-0.15, -0.1) is 10.1 Å². The number of imide groups is 2. The lowest BCUT2D eigenvalue weighted by atomic mass is 10.1. The van der Waals surface area contributed by atoms with Gasteiger partial charge in [0.05, 0.1) is 0 Å². The van der Waals surface area contributed by atoms with Crippen molar-refractivity contribution in [2.75, 3.05) is 0 Å². The molecular weight excluding hydrogens is 548 g/mol. The lowest BCUT2D eigenvalue weighted by Gasteiger charge is -2.20. The molecule has 0 bridgehead atoms. The first kappa shape index (κ1) is 28.0. The van der Waals surface area contributed by atoms with E-state index in [1.165, 1.54) is 12.1 Å². The number of rotatable bonds is 10. The lowest BCUT2D eigenvalue weighted by molar-refractivity contribution is -0.173. The molecular formula is C30H24N2O10. The van der Waals surface area contributed by atoms with Crippen LogP contribution in [-0.4, -0.2) is 45.7 Å². The minimum atomic E-state index is -1.11. The SMILES string of the molecule is O=C(ON1C(=O)CCC1=O)c1ccc(C(=O)ON2C(=O)CCC2=O)c(OCc2ccccc2)c1OCc1ccccc1. The Labute approximate surface area is 239 Å². The molecule has 2 aliphatic heterocycles. The monoisotopic (exact) mass is 572 g/mol. The summed E-state index contributed by atoms with van der Waals surface area (Å²) in [5, 5.41) is 0.779. The van der Waals surface area contributed by atoms with Gasteiger partial charge in [-0.25, -0.2) is 9.59 Å². The van der Waals surface area contributed by atoms with Crippen LogP contribution in [0.4, 0.5) is 0 Å². The molecule has 42 heavy (non-hydrogen) atoms. The molecule has 0 spiro atoms. The van der Waals surface area contributed by atoms with Gasteiger partial charge in [0.2, 0.25) is 0 Å². The number of amides is 4. The third-order valence-electron chi connectivity index (χ3n) is 6.36. The molecule has 5 rings (SSSR count). The normalized spacial score (nSPS) is 14.8. The molecule has 2 saturated heterocycles. The Bertz CT molecular complexity index is 1410. The van der Waals surface area contributed by atoms with Crippen LogP contribution in [0.25, 0.3) is 0 Å². The van der Waals surface area contributed by atoms with Crippen molar-refractivity contribution in [3.8, 4) is 11.5 Å². The molecule has 2 aliphatic rings. The summed E-state index contributed by atoms with van der Waals surface area (Å²) in [4.78, 5) is 85.1. The third kappa shape index (κ3) is 6.12. The molecule has 4 amide bonds. The maximum absolute atomic E-state index is 13.3. The van der Waals surface area contributed by atoms with Crippen LogP contribution in [0.1, 0.15) is 57.5 Å². The predicted octanol–water partition coefficient (Wildman–Crippen LogP) is 3.29. The first-order valence-corrected chi connectivity index (χ1v) is 13.0. The summed E-state index contributed by atoms with van der Waals surface area (Å²) in [6, 6.07) is 20.2. The van der Waals surface area contributed by atoms with Crippen LogP contribution < -0.4 is 9.47 Å². The van der Waals surface area contributed by atoms with Crippen molar-refractivity contribution in [1.82, 2.24) is 10.1 Å². The van der Waals surface area contributed by atoms with E-state index in [4.69, 9.17) is 19.1 Å². The lowest BCUT2D eigenvalue weighted by Crippen LogP contribution is -2.33. The Kier molecular flexibility index (Phi) is 8.23. The number of ether oxygens (including phenoxy) is 2. The van der Waals surface area contributed by atoms with Crippen molar-refractivity contribution >= 4 is 35.6 Å². The van der Waals surface area contributed by atoms with E-state index in [0.29, 0.717) is 21.3 Å². The molecule has 214 valence electrons. The molecule has 0 atom stereocenters. The standard InChI is InChI=1S/C30H24N2O10/c33-23-13-14-24(34)31(23)41-29(37)21-11-12-22(30(38)42-32-25(35)15-16-26(32)36)28(40-18-20-9-5-2-6-10-20)27(21)39-17-19-7-3-1-4-8-19/h1-12H,13-18H2. The average Bonchev–Trinajstić information content (AvgIpc) is 3.50. The van der Waals surface area contributed by atoms with Crippen molar-refractivity contribution < 1.29 is 47.9 Å². The highest BCUT2D eigenvalue weighted by Crippen LogP contribution is 2.38. The molecule has 2 fully saturated rings. The van der Waals surface area contributed by atoms with Gasteiger partial charge >= 0.3 is 11.9 Å². The highest BCUT2D eigenvalue weighted by molar-refractivity contribution is 6.05. The van der Waals surface area contributed by atoms with Crippen molar-refractivity contribution in [3.63, 3.8) is 0 Å². The average molecular weight is 573 g/mol. The molecule has 12 nitrogen and oxygen atoms in total. The quantitative estimate of drug-likeness (QED) is 0.332. The van der Waals surface area contributed by atoms with Crippen molar-refractivity contribution in [3.05, 3.63) is 95.1 Å². The van der Waals surface area contributed by atoms with E-state index in [1.807, 2.05) is 12.1 Å². The van der Waals surface area contributed by atoms with Gasteiger partial charge in [-0.05, 0) is 23.3 Å². The summed E-state index contributed by atoms with van der Waals surface area (Å²) in [7, 11) is 0. The second kappa shape index (κ2) is 12.3. The third-order valence-corrected chi connectivity index (χ3v) is 6.36. The van der Waals surface area contributed by atoms with E-state index in [-0.39, 0.29) is 61.5 Å². The van der Waals surface area contributed by atoms with Crippen LogP contribution in [0.5, 0.6) is 11.5 Å². The summed E-state index contributed by atoms with van der Waals surface area (Å²) in [5.74, 6) is -5.44. The maximum Gasteiger partial charge on any atom is 0.367 e. The molecule has 3 aromatic rings. The molecule has 2 heterocycles. The topological polar surface area (TPSA) is 146 Å². The first-order valence-electron chi connectivity index (χ1n) is 13.0. The Balaban J connectivity index is 1.55. The van der Waals surface area contributed by atoms with Gasteiger partial charge in [-0.3, -0.25) is 19.2 Å². The van der Waals surface area contributed by atoms with Gasteiger partial charge in [-0.1, -0.05) is 60.7 Å². The van der Waals surface area contributed by atoms with E-state index in [9.17, 15) is 28.8 Å². The first-order chi connectivity index (χ1) is 20.3. The molecule has 0 aliphatic carbocycles. The second-order valence-corrected chi connectivity index (χ2v) is 9.29. The van der Waals surface area contributed by atoms with E-state index in [2.05, 4.69) is 0 Å². The van der Waals surface area contributed by atoms with Gasteiger partial charge in [-0.2, -0.15) is 0 Å². The molecule has 0 N–H and O–H groups in total. The van der Waals surface area contributed by atoms with Gasteiger partial charge in [0.25, 0.3) is 23.6 Å². The Morgan fingerprint density at radius 2 is 0.857 bits per heavy atom. The smallest absolute Gasteiger partial charge is 0.367 e. The van der Waals surface area contributed by atoms with E-state index >= 15 is 0 Å². The zero-order chi connectivity index (χ0) is 29.6. The number of hydroxylamine groups is 4. The minimum absolute atomic E-state index is 0.0774. The summed E-state index contributed by atoms with van der Waals surface area (Å²) in [5.41, 5.74) is 0.895. The highest BCUT2D eigenvalue weighted by atomic mass is 16.7. The van der Waals surface area contributed by atoms with Crippen molar-refractivity contribution in [2.24, 2.45) is 0 Å². The predicted molar refractivity (Wildman–Crippen MR) is 141 cm³/mol. The summed E-state index contributed by atoms with van der Waals surface area (Å²) >= 11 is 0. The van der Waals surface area contributed by atoms with Crippen LogP contribution in [0, 0.1) is 0 Å². The van der Waals surface area contributed by atoms with Gasteiger partial charge < -0.3 is 19.1 Å². The highest BCUT2D eigenvalue weighted by Gasteiger charge is 2.37. The molecule has 0 saturated carbocycles. The number of hydrogen-bond donors (Lipinski definition) is 0. The summed E-state index contributed by atoms with van der Waals surface area (Å²) in [6.45, 7) is -0.155. The van der Waals surface area contributed by atoms with E-state index in [1.54, 1.807) is 48.5 Å². The Morgan fingerprint density at radius 3 is 1.19 bits per heavy atom. The number of nitrogens with zero attached hydrogens (tertiary/aromatic N) is 2. The number of carbonyl (C=O) groups is 6. The van der Waals surface area contributed by atoms with Crippen LogP contribution in [0.2, 0.25) is 0 Å². The van der Waals surface area contributed by atoms with E-state index in [0.717, 1.165) is 0 Å². The second-order valence-electron chi connectivity index (χ2n) is 9.29. The maximum atomic E-state index is 13.3. The zero-order valence-electron chi connectivity index (χ0n) is 22.1. The number of hydrogen-bond acceptors (Lipinski definition) is 10. The fourth-order valence-corrected chi connectivity index (χ4v) is 4.21. The molecule has 12 heteroatoms.